The molecule has 0 spiro atoms. The SMILES string of the molecule is CN=C(NCCNC(C)(C)C)N(C)CCOc1ccccc1F.I. The average molecular weight is 452 g/mol. The van der Waals surface area contributed by atoms with Gasteiger partial charge in [-0.1, -0.05) is 12.1 Å². The minimum absolute atomic E-state index is 0. The summed E-state index contributed by atoms with van der Waals surface area (Å²) >= 11 is 0. The van der Waals surface area contributed by atoms with Crippen molar-refractivity contribution in [3.63, 3.8) is 0 Å². The number of ether oxygens (including phenoxy) is 1. The van der Waals surface area contributed by atoms with Crippen LogP contribution in [0.25, 0.3) is 0 Å². The van der Waals surface area contributed by atoms with Crippen molar-refractivity contribution >= 4 is 29.9 Å². The zero-order valence-electron chi connectivity index (χ0n) is 15.2. The number of hydrogen-bond donors (Lipinski definition) is 2. The Morgan fingerprint density at radius 3 is 2.50 bits per heavy atom. The lowest BCUT2D eigenvalue weighted by Gasteiger charge is -2.24. The summed E-state index contributed by atoms with van der Waals surface area (Å²) in [6, 6.07) is 6.42. The van der Waals surface area contributed by atoms with Gasteiger partial charge >= 0.3 is 0 Å². The number of para-hydroxylation sites is 1. The molecule has 0 aromatic heterocycles. The molecule has 0 radical (unpaired) electrons. The molecule has 0 atom stereocenters. The Morgan fingerprint density at radius 1 is 1.25 bits per heavy atom. The molecule has 0 heterocycles. The van der Waals surface area contributed by atoms with Crippen molar-refractivity contribution in [2.45, 2.75) is 26.3 Å². The van der Waals surface area contributed by atoms with Crippen LogP contribution in [0, 0.1) is 5.82 Å². The zero-order chi connectivity index (χ0) is 17.3. The molecule has 0 bridgehead atoms. The lowest BCUT2D eigenvalue weighted by molar-refractivity contribution is 0.270. The van der Waals surface area contributed by atoms with Crippen LogP contribution in [0.1, 0.15) is 20.8 Å². The third kappa shape index (κ3) is 9.27. The first-order valence-corrected chi connectivity index (χ1v) is 7.87. The molecular formula is C17H30FIN4O. The van der Waals surface area contributed by atoms with E-state index < -0.39 is 0 Å². The molecule has 0 unspecified atom stereocenters. The van der Waals surface area contributed by atoms with E-state index in [0.29, 0.717) is 13.2 Å². The van der Waals surface area contributed by atoms with Gasteiger partial charge in [-0.25, -0.2) is 4.39 Å². The molecule has 0 fully saturated rings. The van der Waals surface area contributed by atoms with Crippen LogP contribution < -0.4 is 15.4 Å². The van der Waals surface area contributed by atoms with Crippen LogP contribution in [0.5, 0.6) is 5.75 Å². The predicted molar refractivity (Wildman–Crippen MR) is 109 cm³/mol. The number of benzene rings is 1. The van der Waals surface area contributed by atoms with E-state index in [1.54, 1.807) is 25.2 Å². The molecule has 0 aliphatic carbocycles. The summed E-state index contributed by atoms with van der Waals surface area (Å²) in [5.41, 5.74) is 0.102. The molecule has 0 saturated carbocycles. The van der Waals surface area contributed by atoms with Crippen molar-refractivity contribution in [3.05, 3.63) is 30.1 Å². The highest BCUT2D eigenvalue weighted by atomic mass is 127. The van der Waals surface area contributed by atoms with Gasteiger partial charge in [0.25, 0.3) is 0 Å². The molecule has 2 N–H and O–H groups in total. The second-order valence-electron chi connectivity index (χ2n) is 6.35. The smallest absolute Gasteiger partial charge is 0.193 e. The van der Waals surface area contributed by atoms with Crippen LogP contribution in [0.15, 0.2) is 29.3 Å². The summed E-state index contributed by atoms with van der Waals surface area (Å²) in [7, 11) is 3.67. The van der Waals surface area contributed by atoms with Gasteiger partial charge in [0.1, 0.15) is 6.61 Å². The van der Waals surface area contributed by atoms with Gasteiger partial charge < -0.3 is 20.3 Å². The largest absolute Gasteiger partial charge is 0.489 e. The second-order valence-corrected chi connectivity index (χ2v) is 6.35. The van der Waals surface area contributed by atoms with Crippen LogP contribution in [0.3, 0.4) is 0 Å². The minimum atomic E-state index is -0.342. The molecular weight excluding hydrogens is 422 g/mol. The lowest BCUT2D eigenvalue weighted by Crippen LogP contribution is -2.45. The molecule has 1 aromatic carbocycles. The van der Waals surface area contributed by atoms with Crippen molar-refractivity contribution in [1.82, 2.24) is 15.5 Å². The van der Waals surface area contributed by atoms with Gasteiger partial charge in [-0.15, -0.1) is 24.0 Å². The monoisotopic (exact) mass is 452 g/mol. The van der Waals surface area contributed by atoms with E-state index in [9.17, 15) is 4.39 Å². The number of hydrogen-bond acceptors (Lipinski definition) is 3. The van der Waals surface area contributed by atoms with Gasteiger partial charge in [-0.05, 0) is 32.9 Å². The van der Waals surface area contributed by atoms with E-state index in [2.05, 4.69) is 36.4 Å². The lowest BCUT2D eigenvalue weighted by atomic mass is 10.1. The highest BCUT2D eigenvalue weighted by Crippen LogP contribution is 2.14. The van der Waals surface area contributed by atoms with E-state index in [0.717, 1.165) is 19.0 Å². The molecule has 0 aliphatic rings. The summed E-state index contributed by atoms with van der Waals surface area (Å²) in [5, 5.41) is 6.69. The Bertz CT molecular complexity index is 506. The average Bonchev–Trinajstić information content (AvgIpc) is 2.48. The maximum Gasteiger partial charge on any atom is 0.193 e. The first kappa shape index (κ1) is 22.9. The molecule has 138 valence electrons. The maximum absolute atomic E-state index is 13.5. The number of aliphatic imine (C=N–C) groups is 1. The van der Waals surface area contributed by atoms with Crippen LogP contribution in [0.4, 0.5) is 4.39 Å². The van der Waals surface area contributed by atoms with Gasteiger partial charge in [0.15, 0.2) is 17.5 Å². The van der Waals surface area contributed by atoms with E-state index >= 15 is 0 Å². The second kappa shape index (κ2) is 11.5. The summed E-state index contributed by atoms with van der Waals surface area (Å²) in [6.45, 7) is 9.03. The summed E-state index contributed by atoms with van der Waals surface area (Å²) in [5.74, 6) is 0.724. The third-order valence-electron chi connectivity index (χ3n) is 3.16. The fraction of sp³-hybridized carbons (Fsp3) is 0.588. The first-order valence-electron chi connectivity index (χ1n) is 7.87. The van der Waals surface area contributed by atoms with Crippen molar-refractivity contribution in [1.29, 1.82) is 0 Å². The van der Waals surface area contributed by atoms with Crippen LogP contribution in [0.2, 0.25) is 0 Å². The van der Waals surface area contributed by atoms with Crippen molar-refractivity contribution in [3.8, 4) is 5.75 Å². The van der Waals surface area contributed by atoms with Crippen LogP contribution in [-0.2, 0) is 0 Å². The molecule has 1 rings (SSSR count). The molecule has 7 heteroatoms. The van der Waals surface area contributed by atoms with Gasteiger partial charge in [0.2, 0.25) is 0 Å². The number of likely N-dealkylation sites (N-methyl/N-ethyl adjacent to an activating group) is 1. The number of nitrogens with zero attached hydrogens (tertiary/aromatic N) is 2. The Kier molecular flexibility index (Phi) is 10.9. The summed E-state index contributed by atoms with van der Waals surface area (Å²) in [6.07, 6.45) is 0. The van der Waals surface area contributed by atoms with Gasteiger partial charge in [-0.2, -0.15) is 0 Å². The molecule has 0 aliphatic heterocycles. The molecule has 0 saturated heterocycles. The van der Waals surface area contributed by atoms with E-state index in [4.69, 9.17) is 4.74 Å². The van der Waals surface area contributed by atoms with Crippen molar-refractivity contribution in [2.75, 3.05) is 40.3 Å². The molecule has 1 aromatic rings. The summed E-state index contributed by atoms with van der Waals surface area (Å²) < 4.78 is 18.9. The minimum Gasteiger partial charge on any atom is -0.489 e. The third-order valence-corrected chi connectivity index (χ3v) is 3.16. The number of nitrogens with one attached hydrogen (secondary N) is 2. The van der Waals surface area contributed by atoms with E-state index in [1.165, 1.54) is 6.07 Å². The predicted octanol–water partition coefficient (Wildman–Crippen LogP) is 2.72. The standard InChI is InChI=1S/C17H29FN4O.HI/c1-17(2,3)21-11-10-20-16(19-4)22(5)12-13-23-15-9-7-6-8-14(15)18;/h6-9,21H,10-13H2,1-5H3,(H,19,20);1H. The van der Waals surface area contributed by atoms with Gasteiger partial charge in [-0.3, -0.25) is 4.99 Å². The van der Waals surface area contributed by atoms with Crippen LogP contribution >= 0.6 is 24.0 Å². The maximum atomic E-state index is 13.5. The first-order chi connectivity index (χ1) is 10.8. The molecule has 24 heavy (non-hydrogen) atoms. The van der Waals surface area contributed by atoms with Crippen molar-refractivity contribution in [2.24, 2.45) is 4.99 Å². The van der Waals surface area contributed by atoms with Crippen molar-refractivity contribution < 1.29 is 9.13 Å². The fourth-order valence-electron chi connectivity index (χ4n) is 1.96. The Labute approximate surface area is 162 Å². The zero-order valence-corrected chi connectivity index (χ0v) is 17.6. The van der Waals surface area contributed by atoms with E-state index in [1.807, 2.05) is 11.9 Å². The Balaban J connectivity index is 0.00000529. The highest BCUT2D eigenvalue weighted by molar-refractivity contribution is 14.0. The quantitative estimate of drug-likeness (QED) is 0.289. The Morgan fingerprint density at radius 2 is 1.92 bits per heavy atom. The Hall–Kier alpha value is -1.09. The highest BCUT2D eigenvalue weighted by Gasteiger charge is 2.09. The normalized spacial score (nSPS) is 11.7. The molecule has 0 amide bonds. The van der Waals surface area contributed by atoms with Crippen LogP contribution in [-0.4, -0.2) is 56.7 Å². The number of halogens is 2. The topological polar surface area (TPSA) is 48.9 Å². The summed E-state index contributed by atoms with van der Waals surface area (Å²) in [4.78, 5) is 6.20. The number of rotatable bonds is 7. The number of guanidine groups is 1. The van der Waals surface area contributed by atoms with Gasteiger partial charge in [0, 0.05) is 32.7 Å². The fourth-order valence-corrected chi connectivity index (χ4v) is 1.96. The van der Waals surface area contributed by atoms with Gasteiger partial charge in [0.05, 0.1) is 6.54 Å². The molecule has 5 nitrogen and oxygen atoms in total. The van der Waals surface area contributed by atoms with E-state index in [-0.39, 0.29) is 41.1 Å².